The van der Waals surface area contributed by atoms with Crippen molar-refractivity contribution in [2.24, 2.45) is 0 Å². The van der Waals surface area contributed by atoms with Crippen molar-refractivity contribution in [1.29, 1.82) is 0 Å². The molecule has 6 nitrogen and oxygen atoms in total. The minimum Gasteiger partial charge on any atom is -0.472 e. The first-order valence-electron chi connectivity index (χ1n) is 6.38. The van der Waals surface area contributed by atoms with E-state index >= 15 is 0 Å². The molecule has 112 valence electrons. The monoisotopic (exact) mass is 319 g/mol. The molecule has 1 aromatic carbocycles. The number of H-pyrrole nitrogens is 1. The molecular weight excluding hydrogens is 309 g/mol. The number of halogens is 2. The Balaban J connectivity index is 1.63. The summed E-state index contributed by atoms with van der Waals surface area (Å²) in [5, 5.41) is 9.82. The third kappa shape index (κ3) is 3.50. The third-order valence-electron chi connectivity index (χ3n) is 2.78. The van der Waals surface area contributed by atoms with Crippen LogP contribution in [0.4, 0.5) is 16.0 Å². The Hall–Kier alpha value is -2.67. The minimum absolute atomic E-state index is 0.0936. The van der Waals surface area contributed by atoms with E-state index < -0.39 is 0 Å². The highest BCUT2D eigenvalue weighted by molar-refractivity contribution is 6.28. The van der Waals surface area contributed by atoms with Crippen molar-refractivity contribution in [3.05, 3.63) is 59.3 Å². The van der Waals surface area contributed by atoms with E-state index in [0.29, 0.717) is 23.1 Å². The number of hydrogen-bond acceptors (Lipinski definition) is 5. The maximum absolute atomic E-state index is 13.5. The molecule has 2 heterocycles. The lowest BCUT2D eigenvalue weighted by molar-refractivity contribution is 0.287. The molecule has 0 bridgehead atoms. The van der Waals surface area contributed by atoms with Gasteiger partial charge in [-0.15, -0.1) is 5.10 Å². The quantitative estimate of drug-likeness (QED) is 0.706. The molecule has 0 radical (unpaired) electrons. The summed E-state index contributed by atoms with van der Waals surface area (Å²) >= 11 is 5.70. The van der Waals surface area contributed by atoms with E-state index in [-0.39, 0.29) is 17.7 Å². The number of aromatic amines is 1. The molecule has 0 amide bonds. The van der Waals surface area contributed by atoms with Gasteiger partial charge < -0.3 is 10.1 Å². The molecule has 0 atom stereocenters. The fourth-order valence-electron chi connectivity index (χ4n) is 1.75. The number of hydrogen-bond donors (Lipinski definition) is 2. The Morgan fingerprint density at radius 1 is 1.27 bits per heavy atom. The molecule has 0 fully saturated rings. The number of nitrogens with one attached hydrogen (secondary N) is 2. The van der Waals surface area contributed by atoms with E-state index in [0.717, 1.165) is 0 Å². The molecule has 8 heteroatoms. The van der Waals surface area contributed by atoms with Crippen LogP contribution in [0.25, 0.3) is 0 Å². The highest BCUT2D eigenvalue weighted by atomic mass is 35.5. The molecular formula is C14H11ClFN5O. The van der Waals surface area contributed by atoms with Gasteiger partial charge in [-0.25, -0.2) is 14.4 Å². The Kier molecular flexibility index (Phi) is 4.15. The van der Waals surface area contributed by atoms with Crippen LogP contribution in [0.15, 0.2) is 42.6 Å². The molecule has 0 unspecified atom stereocenters. The van der Waals surface area contributed by atoms with Crippen molar-refractivity contribution in [2.45, 2.75) is 6.61 Å². The first-order valence-corrected chi connectivity index (χ1v) is 6.76. The first kappa shape index (κ1) is 14.3. The van der Waals surface area contributed by atoms with Crippen LogP contribution in [0.5, 0.6) is 5.88 Å². The van der Waals surface area contributed by atoms with Crippen molar-refractivity contribution >= 4 is 23.2 Å². The minimum atomic E-state index is -0.313. The van der Waals surface area contributed by atoms with E-state index in [9.17, 15) is 4.39 Å². The lowest BCUT2D eigenvalue weighted by Crippen LogP contribution is -1.98. The highest BCUT2D eigenvalue weighted by Gasteiger charge is 2.06. The lowest BCUT2D eigenvalue weighted by atomic mass is 10.2. The van der Waals surface area contributed by atoms with Crippen LogP contribution in [0.1, 0.15) is 5.56 Å². The molecule has 0 saturated carbocycles. The van der Waals surface area contributed by atoms with E-state index in [2.05, 4.69) is 25.5 Å². The number of benzene rings is 1. The molecule has 0 saturated heterocycles. The Labute approximate surface area is 130 Å². The van der Waals surface area contributed by atoms with Gasteiger partial charge in [-0.05, 0) is 23.7 Å². The standard InChI is InChI=1S/C14H11ClFN5O/c15-14-17-6-5-11(19-14)18-12-7-13(21-20-12)22-8-9-3-1-2-4-10(9)16/h1-7H,8H2,(H2,17,18,19,20,21). The van der Waals surface area contributed by atoms with Gasteiger partial charge in [-0.2, -0.15) is 0 Å². The zero-order chi connectivity index (χ0) is 15.4. The molecule has 3 rings (SSSR count). The molecule has 2 aromatic heterocycles. The SMILES string of the molecule is Fc1ccccc1COc1cc(Nc2ccnc(Cl)n2)[nH]n1. The highest BCUT2D eigenvalue weighted by Crippen LogP contribution is 2.18. The van der Waals surface area contributed by atoms with Crippen molar-refractivity contribution in [3.63, 3.8) is 0 Å². The van der Waals surface area contributed by atoms with Gasteiger partial charge in [0.25, 0.3) is 0 Å². The van der Waals surface area contributed by atoms with E-state index in [1.54, 1.807) is 30.3 Å². The fraction of sp³-hybridized carbons (Fsp3) is 0.0714. The van der Waals surface area contributed by atoms with Gasteiger partial charge in [-0.1, -0.05) is 18.2 Å². The van der Waals surface area contributed by atoms with Gasteiger partial charge in [0.2, 0.25) is 11.2 Å². The predicted molar refractivity (Wildman–Crippen MR) is 79.6 cm³/mol. The summed E-state index contributed by atoms with van der Waals surface area (Å²) in [4.78, 5) is 7.77. The fourth-order valence-corrected chi connectivity index (χ4v) is 1.90. The van der Waals surface area contributed by atoms with Crippen LogP contribution in [0, 0.1) is 5.82 Å². The topological polar surface area (TPSA) is 75.7 Å². The molecule has 0 spiro atoms. The van der Waals surface area contributed by atoms with Gasteiger partial charge in [-0.3, -0.25) is 5.10 Å². The van der Waals surface area contributed by atoms with Crippen LogP contribution < -0.4 is 10.1 Å². The predicted octanol–water partition coefficient (Wildman–Crippen LogP) is 3.31. The van der Waals surface area contributed by atoms with Gasteiger partial charge in [0, 0.05) is 17.8 Å². The van der Waals surface area contributed by atoms with Gasteiger partial charge in [0.15, 0.2) is 0 Å². The van der Waals surface area contributed by atoms with Crippen LogP contribution >= 0.6 is 11.6 Å². The zero-order valence-corrected chi connectivity index (χ0v) is 12.0. The largest absolute Gasteiger partial charge is 0.472 e. The molecule has 0 aliphatic carbocycles. The lowest BCUT2D eigenvalue weighted by Gasteiger charge is -2.03. The third-order valence-corrected chi connectivity index (χ3v) is 2.96. The summed E-state index contributed by atoms with van der Waals surface area (Å²) in [7, 11) is 0. The number of anilines is 2. The normalized spacial score (nSPS) is 10.5. The summed E-state index contributed by atoms with van der Waals surface area (Å²) < 4.78 is 18.9. The maximum atomic E-state index is 13.5. The van der Waals surface area contributed by atoms with Crippen LogP contribution in [0.3, 0.4) is 0 Å². The summed E-state index contributed by atoms with van der Waals surface area (Å²) in [5.74, 6) is 1.11. The zero-order valence-electron chi connectivity index (χ0n) is 11.3. The summed E-state index contributed by atoms with van der Waals surface area (Å²) in [6.07, 6.45) is 1.53. The van der Waals surface area contributed by atoms with Gasteiger partial charge in [0.1, 0.15) is 24.1 Å². The van der Waals surface area contributed by atoms with E-state index in [4.69, 9.17) is 16.3 Å². The van der Waals surface area contributed by atoms with Crippen molar-refractivity contribution in [2.75, 3.05) is 5.32 Å². The average molecular weight is 320 g/mol. The number of ether oxygens (including phenoxy) is 1. The molecule has 3 aromatic rings. The molecule has 0 aliphatic rings. The second-order valence-corrected chi connectivity index (χ2v) is 4.67. The second kappa shape index (κ2) is 6.40. The Morgan fingerprint density at radius 3 is 2.95 bits per heavy atom. The number of rotatable bonds is 5. The van der Waals surface area contributed by atoms with Crippen LogP contribution in [-0.4, -0.2) is 20.2 Å². The Bertz CT molecular complexity index is 779. The molecule has 2 N–H and O–H groups in total. The average Bonchev–Trinajstić information content (AvgIpc) is 2.94. The van der Waals surface area contributed by atoms with Crippen LogP contribution in [-0.2, 0) is 6.61 Å². The van der Waals surface area contributed by atoms with E-state index in [1.165, 1.54) is 12.3 Å². The summed E-state index contributed by atoms with van der Waals surface area (Å²) in [6.45, 7) is 0.0936. The molecule has 0 aliphatic heterocycles. The summed E-state index contributed by atoms with van der Waals surface area (Å²) in [6, 6.07) is 9.71. The van der Waals surface area contributed by atoms with Gasteiger partial charge in [0.05, 0.1) is 0 Å². The van der Waals surface area contributed by atoms with Crippen molar-refractivity contribution in [1.82, 2.24) is 20.2 Å². The van der Waals surface area contributed by atoms with E-state index in [1.807, 2.05) is 0 Å². The number of aromatic nitrogens is 4. The smallest absolute Gasteiger partial charge is 0.235 e. The maximum Gasteiger partial charge on any atom is 0.235 e. The summed E-state index contributed by atoms with van der Waals surface area (Å²) in [5.41, 5.74) is 0.461. The second-order valence-electron chi connectivity index (χ2n) is 4.34. The van der Waals surface area contributed by atoms with Crippen LogP contribution in [0.2, 0.25) is 5.28 Å². The van der Waals surface area contributed by atoms with Crippen molar-refractivity contribution < 1.29 is 9.13 Å². The molecule has 22 heavy (non-hydrogen) atoms. The Morgan fingerprint density at radius 2 is 2.14 bits per heavy atom. The number of nitrogens with zero attached hydrogens (tertiary/aromatic N) is 3. The first-order chi connectivity index (χ1) is 10.7. The van der Waals surface area contributed by atoms with Gasteiger partial charge >= 0.3 is 0 Å². The van der Waals surface area contributed by atoms with Crippen molar-refractivity contribution in [3.8, 4) is 5.88 Å².